The maximum absolute atomic E-state index is 13.0. The fourth-order valence-electron chi connectivity index (χ4n) is 4.35. The van der Waals surface area contributed by atoms with Crippen molar-refractivity contribution in [1.82, 2.24) is 19.8 Å². The monoisotopic (exact) mass is 390 g/mol. The smallest absolute Gasteiger partial charge is 0.270 e. The number of nitrogens with zero attached hydrogens (tertiary/aromatic N) is 3. The molecule has 0 fully saturated rings. The summed E-state index contributed by atoms with van der Waals surface area (Å²) < 4.78 is 2.14. The number of aryl methyl sites for hydroxylation is 2. The molecule has 0 saturated heterocycles. The van der Waals surface area contributed by atoms with Gasteiger partial charge in [0.15, 0.2) is 0 Å². The molecule has 0 bridgehead atoms. The average molecular weight is 390 g/mol. The van der Waals surface area contributed by atoms with E-state index in [1.165, 1.54) is 0 Å². The summed E-state index contributed by atoms with van der Waals surface area (Å²) >= 11 is 0. The SMILES string of the molecule is Cc1c2ccnc(C(=O)N[C@H](C)CN(C)C)c2cc2c3cc(O)ccc3n(C)c12. The lowest BCUT2D eigenvalue weighted by atomic mass is 10.00. The van der Waals surface area contributed by atoms with Crippen molar-refractivity contribution in [3.8, 4) is 5.75 Å². The first kappa shape index (κ1) is 19.2. The molecule has 0 unspecified atom stereocenters. The van der Waals surface area contributed by atoms with Crippen molar-refractivity contribution in [3.05, 3.63) is 47.8 Å². The fraction of sp³-hybridized carbons (Fsp3) is 0.304. The molecule has 0 aliphatic rings. The summed E-state index contributed by atoms with van der Waals surface area (Å²) in [4.78, 5) is 19.4. The number of amides is 1. The van der Waals surface area contributed by atoms with Crippen LogP contribution in [0.2, 0.25) is 0 Å². The number of pyridine rings is 1. The number of aromatic hydroxyl groups is 1. The van der Waals surface area contributed by atoms with E-state index in [2.05, 4.69) is 21.8 Å². The van der Waals surface area contributed by atoms with Gasteiger partial charge < -0.3 is 19.9 Å². The molecule has 2 heterocycles. The second kappa shape index (κ2) is 7.04. The predicted octanol–water partition coefficient (Wildman–Crippen LogP) is 3.57. The van der Waals surface area contributed by atoms with E-state index in [0.29, 0.717) is 5.69 Å². The number of phenols is 1. The van der Waals surface area contributed by atoms with Gasteiger partial charge in [-0.05, 0) is 69.2 Å². The molecule has 6 nitrogen and oxygen atoms in total. The van der Waals surface area contributed by atoms with Crippen LogP contribution in [0.25, 0.3) is 32.6 Å². The maximum atomic E-state index is 13.0. The van der Waals surface area contributed by atoms with Gasteiger partial charge in [0.05, 0.1) is 5.52 Å². The second-order valence-electron chi connectivity index (χ2n) is 8.05. The lowest BCUT2D eigenvalue weighted by Crippen LogP contribution is -2.39. The highest BCUT2D eigenvalue weighted by atomic mass is 16.3. The Balaban J connectivity index is 1.94. The standard InChI is InChI=1S/C23H26N4O2/c1-13(12-26(3)4)25-23(29)21-18-11-19-17-10-15(28)6-7-20(17)27(5)22(19)14(2)16(18)8-9-24-21/h6-11,13,28H,12H2,1-5H3,(H,25,29)/t13-/m1/s1. The van der Waals surface area contributed by atoms with Crippen molar-refractivity contribution in [3.63, 3.8) is 0 Å². The van der Waals surface area contributed by atoms with Gasteiger partial charge in [0.25, 0.3) is 5.91 Å². The molecule has 4 aromatic rings. The summed E-state index contributed by atoms with van der Waals surface area (Å²) in [5.41, 5.74) is 3.65. The van der Waals surface area contributed by atoms with Crippen LogP contribution in [0.5, 0.6) is 5.75 Å². The number of rotatable bonds is 4. The molecule has 1 atom stereocenters. The van der Waals surface area contributed by atoms with E-state index < -0.39 is 0 Å². The predicted molar refractivity (Wildman–Crippen MR) is 118 cm³/mol. The van der Waals surface area contributed by atoms with Gasteiger partial charge in [0, 0.05) is 47.5 Å². The molecule has 0 aliphatic heterocycles. The Kier molecular flexibility index (Phi) is 4.67. The molecular formula is C23H26N4O2. The van der Waals surface area contributed by atoms with E-state index in [-0.39, 0.29) is 17.7 Å². The molecule has 2 aromatic heterocycles. The third-order valence-electron chi connectivity index (χ3n) is 5.49. The Labute approximate surface area is 169 Å². The van der Waals surface area contributed by atoms with Gasteiger partial charge in [-0.3, -0.25) is 9.78 Å². The molecule has 1 amide bonds. The number of benzene rings is 2. The number of hydrogen-bond donors (Lipinski definition) is 2. The molecule has 2 aromatic carbocycles. The van der Waals surface area contributed by atoms with Crippen LogP contribution in [0.4, 0.5) is 0 Å². The number of fused-ring (bicyclic) bond motifs is 4. The van der Waals surface area contributed by atoms with Crippen molar-refractivity contribution >= 4 is 38.5 Å². The minimum Gasteiger partial charge on any atom is -0.508 e. The first-order valence-corrected chi connectivity index (χ1v) is 9.73. The Morgan fingerprint density at radius 1 is 1.17 bits per heavy atom. The highest BCUT2D eigenvalue weighted by molar-refractivity contribution is 6.17. The molecule has 0 spiro atoms. The van der Waals surface area contributed by atoms with Gasteiger partial charge in [0.2, 0.25) is 0 Å². The number of carbonyl (C=O) groups excluding carboxylic acids is 1. The average Bonchev–Trinajstić information content (AvgIpc) is 2.92. The zero-order chi connectivity index (χ0) is 20.9. The summed E-state index contributed by atoms with van der Waals surface area (Å²) in [5.74, 6) is 0.0520. The number of aromatic nitrogens is 2. The number of likely N-dealkylation sites (N-methyl/N-ethyl adjacent to an activating group) is 1. The van der Waals surface area contributed by atoms with Crippen molar-refractivity contribution in [2.45, 2.75) is 19.9 Å². The molecule has 6 heteroatoms. The Morgan fingerprint density at radius 3 is 2.66 bits per heavy atom. The molecule has 150 valence electrons. The zero-order valence-corrected chi connectivity index (χ0v) is 17.4. The number of carbonyl (C=O) groups is 1. The van der Waals surface area contributed by atoms with E-state index in [0.717, 1.165) is 44.7 Å². The molecule has 29 heavy (non-hydrogen) atoms. The van der Waals surface area contributed by atoms with Crippen molar-refractivity contribution in [2.75, 3.05) is 20.6 Å². The summed E-state index contributed by atoms with van der Waals surface area (Å²) in [5, 5.41) is 16.9. The fourth-order valence-corrected chi connectivity index (χ4v) is 4.35. The van der Waals surface area contributed by atoms with E-state index in [1.807, 2.05) is 51.2 Å². The van der Waals surface area contributed by atoms with E-state index in [9.17, 15) is 9.90 Å². The van der Waals surface area contributed by atoms with E-state index in [1.54, 1.807) is 18.3 Å². The topological polar surface area (TPSA) is 70.4 Å². The molecule has 0 aliphatic carbocycles. The molecule has 0 saturated carbocycles. The number of hydrogen-bond acceptors (Lipinski definition) is 4. The van der Waals surface area contributed by atoms with Crippen molar-refractivity contribution in [1.29, 1.82) is 0 Å². The highest BCUT2D eigenvalue weighted by Crippen LogP contribution is 2.36. The number of phenolic OH excluding ortho intramolecular Hbond substituents is 1. The lowest BCUT2D eigenvalue weighted by molar-refractivity contribution is 0.0931. The Hall–Kier alpha value is -3.12. The molecule has 2 N–H and O–H groups in total. The first-order chi connectivity index (χ1) is 13.8. The summed E-state index contributed by atoms with van der Waals surface area (Å²) in [7, 11) is 5.99. The van der Waals surface area contributed by atoms with Crippen LogP contribution in [0.3, 0.4) is 0 Å². The quantitative estimate of drug-likeness (QED) is 0.559. The van der Waals surface area contributed by atoms with Crippen LogP contribution < -0.4 is 5.32 Å². The Morgan fingerprint density at radius 2 is 1.93 bits per heavy atom. The zero-order valence-electron chi connectivity index (χ0n) is 17.4. The van der Waals surface area contributed by atoms with Crippen molar-refractivity contribution < 1.29 is 9.90 Å². The van der Waals surface area contributed by atoms with Gasteiger partial charge in [-0.15, -0.1) is 0 Å². The molecular weight excluding hydrogens is 364 g/mol. The van der Waals surface area contributed by atoms with Gasteiger partial charge >= 0.3 is 0 Å². The Bertz CT molecular complexity index is 1260. The van der Waals surface area contributed by atoms with Crippen LogP contribution in [0.1, 0.15) is 23.0 Å². The van der Waals surface area contributed by atoms with Crippen LogP contribution >= 0.6 is 0 Å². The molecule has 4 rings (SSSR count). The van der Waals surface area contributed by atoms with Gasteiger partial charge in [-0.25, -0.2) is 0 Å². The summed E-state index contributed by atoms with van der Waals surface area (Å²) in [6.07, 6.45) is 1.70. The van der Waals surface area contributed by atoms with Gasteiger partial charge in [-0.1, -0.05) is 0 Å². The number of nitrogens with one attached hydrogen (secondary N) is 1. The van der Waals surface area contributed by atoms with Crippen LogP contribution in [0, 0.1) is 6.92 Å². The summed E-state index contributed by atoms with van der Waals surface area (Å²) in [6.45, 7) is 4.81. The third-order valence-corrected chi connectivity index (χ3v) is 5.49. The minimum atomic E-state index is -0.174. The minimum absolute atomic E-state index is 0.00823. The first-order valence-electron chi connectivity index (χ1n) is 9.73. The normalized spacial score (nSPS) is 12.9. The maximum Gasteiger partial charge on any atom is 0.270 e. The van der Waals surface area contributed by atoms with E-state index in [4.69, 9.17) is 0 Å². The second-order valence-corrected chi connectivity index (χ2v) is 8.05. The summed E-state index contributed by atoms with van der Waals surface area (Å²) in [6, 6.07) is 9.39. The van der Waals surface area contributed by atoms with Gasteiger partial charge in [0.1, 0.15) is 11.4 Å². The highest BCUT2D eigenvalue weighted by Gasteiger charge is 2.19. The lowest BCUT2D eigenvalue weighted by Gasteiger charge is -2.18. The van der Waals surface area contributed by atoms with Crippen molar-refractivity contribution in [2.24, 2.45) is 7.05 Å². The van der Waals surface area contributed by atoms with Crippen LogP contribution in [-0.4, -0.2) is 52.1 Å². The molecule has 0 radical (unpaired) electrons. The van der Waals surface area contributed by atoms with E-state index >= 15 is 0 Å². The third kappa shape index (κ3) is 3.19. The van der Waals surface area contributed by atoms with Crippen LogP contribution in [-0.2, 0) is 7.05 Å². The van der Waals surface area contributed by atoms with Crippen LogP contribution in [0.15, 0.2) is 36.5 Å². The largest absolute Gasteiger partial charge is 0.508 e. The van der Waals surface area contributed by atoms with Gasteiger partial charge in [-0.2, -0.15) is 0 Å².